The van der Waals surface area contributed by atoms with E-state index in [4.69, 9.17) is 0 Å². The van der Waals surface area contributed by atoms with Gasteiger partial charge in [0.05, 0.1) is 0 Å². The predicted molar refractivity (Wildman–Crippen MR) is 124 cm³/mol. The van der Waals surface area contributed by atoms with Crippen molar-refractivity contribution in [2.75, 3.05) is 6.54 Å². The summed E-state index contributed by atoms with van der Waals surface area (Å²) in [5.74, 6) is 0.854. The third-order valence-corrected chi connectivity index (χ3v) is 7.23. The highest BCUT2D eigenvalue weighted by atomic mass is 15.0. The van der Waals surface area contributed by atoms with Gasteiger partial charge in [0, 0.05) is 5.54 Å². The molecule has 1 rings (SSSR count). The van der Waals surface area contributed by atoms with Gasteiger partial charge in [0.15, 0.2) is 0 Å². The summed E-state index contributed by atoms with van der Waals surface area (Å²) in [5, 5.41) is 3.90. The van der Waals surface area contributed by atoms with E-state index in [2.05, 4.69) is 26.1 Å². The fourth-order valence-corrected chi connectivity index (χ4v) is 4.82. The van der Waals surface area contributed by atoms with Crippen molar-refractivity contribution in [2.45, 2.75) is 155 Å². The van der Waals surface area contributed by atoms with Crippen LogP contribution in [-0.2, 0) is 0 Å². The van der Waals surface area contributed by atoms with Crippen LogP contribution in [0.5, 0.6) is 0 Å². The lowest BCUT2D eigenvalue weighted by molar-refractivity contribution is 0.173. The maximum Gasteiger partial charge on any atom is 0.0178 e. The summed E-state index contributed by atoms with van der Waals surface area (Å²) in [6.45, 7) is 8.44. The van der Waals surface area contributed by atoms with Crippen LogP contribution >= 0.6 is 0 Å². The minimum atomic E-state index is 0.424. The van der Waals surface area contributed by atoms with Crippen LogP contribution in [0.2, 0.25) is 0 Å². The molecule has 1 saturated carbocycles. The molecule has 0 amide bonds. The molecule has 1 heteroatoms. The molecule has 2 unspecified atom stereocenters. The molecule has 0 spiro atoms. The highest BCUT2D eigenvalue weighted by molar-refractivity contribution is 4.91. The SMILES string of the molecule is CCCCCCCCCCCCCCCCCCNC1(C)CCCCC1C. The first kappa shape index (κ1) is 25.0. The van der Waals surface area contributed by atoms with E-state index in [0.717, 1.165) is 5.92 Å². The van der Waals surface area contributed by atoms with Crippen molar-refractivity contribution in [3.05, 3.63) is 0 Å². The lowest BCUT2D eigenvalue weighted by atomic mass is 9.75. The van der Waals surface area contributed by atoms with Crippen LogP contribution in [0.15, 0.2) is 0 Å². The first-order valence-electron chi connectivity index (χ1n) is 12.9. The standard InChI is InChI=1S/C26H53N/c1-4-5-6-7-8-9-10-11-12-13-14-15-16-17-18-21-24-27-26(3)23-20-19-22-25(26)2/h25,27H,4-24H2,1-3H3. The molecule has 2 atom stereocenters. The minimum Gasteiger partial charge on any atom is -0.311 e. The summed E-state index contributed by atoms with van der Waals surface area (Å²) in [4.78, 5) is 0. The lowest BCUT2D eigenvalue weighted by Crippen LogP contribution is -2.49. The van der Waals surface area contributed by atoms with Gasteiger partial charge >= 0.3 is 0 Å². The molecular formula is C26H53N. The van der Waals surface area contributed by atoms with E-state index < -0.39 is 0 Å². The molecule has 1 fully saturated rings. The van der Waals surface area contributed by atoms with Crippen molar-refractivity contribution in [3.63, 3.8) is 0 Å². The predicted octanol–water partition coefficient (Wildman–Crippen LogP) is 8.81. The first-order valence-corrected chi connectivity index (χ1v) is 12.9. The van der Waals surface area contributed by atoms with Crippen molar-refractivity contribution < 1.29 is 0 Å². The van der Waals surface area contributed by atoms with Crippen LogP contribution in [-0.4, -0.2) is 12.1 Å². The summed E-state index contributed by atoms with van der Waals surface area (Å²) in [5.41, 5.74) is 0.424. The molecule has 1 aliphatic carbocycles. The summed E-state index contributed by atoms with van der Waals surface area (Å²) in [6, 6.07) is 0. The molecule has 0 radical (unpaired) electrons. The van der Waals surface area contributed by atoms with E-state index in [-0.39, 0.29) is 0 Å². The average Bonchev–Trinajstić information content (AvgIpc) is 2.67. The number of unbranched alkanes of at least 4 members (excludes halogenated alkanes) is 15. The fourth-order valence-electron chi connectivity index (χ4n) is 4.82. The van der Waals surface area contributed by atoms with E-state index in [1.807, 2.05) is 0 Å². The Morgan fingerprint density at radius 2 is 1.11 bits per heavy atom. The Bertz CT molecular complexity index is 313. The Kier molecular flexibility index (Phi) is 15.6. The molecule has 0 aromatic carbocycles. The van der Waals surface area contributed by atoms with E-state index in [1.165, 1.54) is 135 Å². The van der Waals surface area contributed by atoms with E-state index in [0.29, 0.717) is 5.54 Å². The van der Waals surface area contributed by atoms with Gasteiger partial charge in [-0.25, -0.2) is 0 Å². The molecule has 0 bridgehead atoms. The van der Waals surface area contributed by atoms with Crippen LogP contribution in [0, 0.1) is 5.92 Å². The van der Waals surface area contributed by atoms with Gasteiger partial charge in [0.1, 0.15) is 0 Å². The molecule has 1 nitrogen and oxygen atoms in total. The summed E-state index contributed by atoms with van der Waals surface area (Å²) in [6.07, 6.45) is 29.0. The van der Waals surface area contributed by atoms with Gasteiger partial charge in [-0.2, -0.15) is 0 Å². The van der Waals surface area contributed by atoms with Gasteiger partial charge in [-0.3, -0.25) is 0 Å². The number of hydrogen-bond acceptors (Lipinski definition) is 1. The van der Waals surface area contributed by atoms with Crippen LogP contribution in [0.3, 0.4) is 0 Å². The monoisotopic (exact) mass is 379 g/mol. The average molecular weight is 380 g/mol. The van der Waals surface area contributed by atoms with Crippen LogP contribution in [0.4, 0.5) is 0 Å². The smallest absolute Gasteiger partial charge is 0.0178 e. The molecule has 162 valence electrons. The second-order valence-corrected chi connectivity index (χ2v) is 9.79. The third-order valence-electron chi connectivity index (χ3n) is 7.23. The van der Waals surface area contributed by atoms with Crippen LogP contribution < -0.4 is 5.32 Å². The van der Waals surface area contributed by atoms with E-state index in [9.17, 15) is 0 Å². The minimum absolute atomic E-state index is 0.424. The van der Waals surface area contributed by atoms with E-state index >= 15 is 0 Å². The fraction of sp³-hybridized carbons (Fsp3) is 1.00. The molecule has 0 aromatic heterocycles. The summed E-state index contributed by atoms with van der Waals surface area (Å²) < 4.78 is 0. The Hall–Kier alpha value is -0.0400. The third kappa shape index (κ3) is 12.9. The lowest BCUT2D eigenvalue weighted by Gasteiger charge is -2.40. The van der Waals surface area contributed by atoms with Gasteiger partial charge < -0.3 is 5.32 Å². The summed E-state index contributed by atoms with van der Waals surface area (Å²) in [7, 11) is 0. The maximum atomic E-state index is 3.90. The molecule has 0 saturated heterocycles. The zero-order chi connectivity index (χ0) is 19.6. The van der Waals surface area contributed by atoms with Gasteiger partial charge in [-0.05, 0) is 38.6 Å². The van der Waals surface area contributed by atoms with Crippen LogP contribution in [0.1, 0.15) is 149 Å². The molecule has 0 heterocycles. The quantitative estimate of drug-likeness (QED) is 0.234. The van der Waals surface area contributed by atoms with Gasteiger partial charge in [-0.1, -0.05) is 123 Å². The molecule has 1 aliphatic rings. The van der Waals surface area contributed by atoms with Crippen molar-refractivity contribution >= 4 is 0 Å². The Morgan fingerprint density at radius 1 is 0.667 bits per heavy atom. The highest BCUT2D eigenvalue weighted by Crippen LogP contribution is 2.33. The summed E-state index contributed by atoms with van der Waals surface area (Å²) >= 11 is 0. The second-order valence-electron chi connectivity index (χ2n) is 9.79. The van der Waals surface area contributed by atoms with Crippen molar-refractivity contribution in [3.8, 4) is 0 Å². The maximum absolute atomic E-state index is 3.90. The zero-order valence-corrected chi connectivity index (χ0v) is 19.4. The Morgan fingerprint density at radius 3 is 1.56 bits per heavy atom. The van der Waals surface area contributed by atoms with Gasteiger partial charge in [-0.15, -0.1) is 0 Å². The largest absolute Gasteiger partial charge is 0.311 e. The molecular weight excluding hydrogens is 326 g/mol. The van der Waals surface area contributed by atoms with Crippen LogP contribution in [0.25, 0.3) is 0 Å². The van der Waals surface area contributed by atoms with Gasteiger partial charge in [0.2, 0.25) is 0 Å². The molecule has 0 aromatic rings. The molecule has 1 N–H and O–H groups in total. The number of rotatable bonds is 18. The molecule has 27 heavy (non-hydrogen) atoms. The van der Waals surface area contributed by atoms with Crippen molar-refractivity contribution in [2.24, 2.45) is 5.92 Å². The topological polar surface area (TPSA) is 12.0 Å². The number of nitrogens with one attached hydrogen (secondary N) is 1. The van der Waals surface area contributed by atoms with E-state index in [1.54, 1.807) is 0 Å². The van der Waals surface area contributed by atoms with Crippen molar-refractivity contribution in [1.82, 2.24) is 5.32 Å². The normalized spacial score (nSPS) is 23.0. The van der Waals surface area contributed by atoms with Crippen molar-refractivity contribution in [1.29, 1.82) is 0 Å². The molecule has 0 aliphatic heterocycles. The zero-order valence-electron chi connectivity index (χ0n) is 19.4. The first-order chi connectivity index (χ1) is 13.2. The second kappa shape index (κ2) is 16.9. The highest BCUT2D eigenvalue weighted by Gasteiger charge is 2.32. The Labute approximate surface area is 172 Å². The Balaban J connectivity index is 1.75. The van der Waals surface area contributed by atoms with Gasteiger partial charge in [0.25, 0.3) is 0 Å². The number of hydrogen-bond donors (Lipinski definition) is 1.